The number of rotatable bonds is 6. The van der Waals surface area contributed by atoms with Crippen molar-refractivity contribution in [3.05, 3.63) is 81.0 Å². The van der Waals surface area contributed by atoms with Crippen molar-refractivity contribution in [2.45, 2.75) is 53.5 Å². The lowest BCUT2D eigenvalue weighted by Gasteiger charge is -2.35. The van der Waals surface area contributed by atoms with E-state index in [4.69, 9.17) is 16.3 Å². The Bertz CT molecular complexity index is 1030. The van der Waals surface area contributed by atoms with Crippen LogP contribution >= 0.6 is 11.6 Å². The van der Waals surface area contributed by atoms with Crippen molar-refractivity contribution in [1.82, 2.24) is 4.90 Å². The van der Waals surface area contributed by atoms with Gasteiger partial charge in [0.2, 0.25) is 5.91 Å². The Labute approximate surface area is 189 Å². The van der Waals surface area contributed by atoms with Crippen LogP contribution in [0.25, 0.3) is 0 Å². The molecule has 0 saturated carbocycles. The van der Waals surface area contributed by atoms with Crippen LogP contribution in [-0.2, 0) is 20.9 Å². The Balaban J connectivity index is 2.05. The van der Waals surface area contributed by atoms with Gasteiger partial charge >= 0.3 is 5.97 Å². The molecule has 0 spiro atoms. The highest BCUT2D eigenvalue weighted by Crippen LogP contribution is 2.39. The molecule has 1 unspecified atom stereocenters. The van der Waals surface area contributed by atoms with Gasteiger partial charge in [-0.3, -0.25) is 4.79 Å². The molecule has 31 heavy (non-hydrogen) atoms. The van der Waals surface area contributed by atoms with Crippen LogP contribution in [0.3, 0.4) is 0 Å². The molecule has 2 aromatic carbocycles. The first kappa shape index (κ1) is 23.1. The molecule has 1 amide bonds. The van der Waals surface area contributed by atoms with Gasteiger partial charge < -0.3 is 9.64 Å². The predicted molar refractivity (Wildman–Crippen MR) is 124 cm³/mol. The Morgan fingerprint density at radius 1 is 1.16 bits per heavy atom. The molecule has 0 aliphatic carbocycles. The number of hydrogen-bond donors (Lipinski definition) is 0. The first-order valence-corrected chi connectivity index (χ1v) is 11.0. The number of halogens is 1. The smallest absolute Gasteiger partial charge is 0.336 e. The quantitative estimate of drug-likeness (QED) is 0.523. The fraction of sp³-hybridized carbons (Fsp3) is 0.385. The van der Waals surface area contributed by atoms with E-state index < -0.39 is 0 Å². The van der Waals surface area contributed by atoms with Gasteiger partial charge in [0.15, 0.2) is 0 Å². The monoisotopic (exact) mass is 439 g/mol. The number of ether oxygens (including phenoxy) is 1. The average Bonchev–Trinajstić information content (AvgIpc) is 2.70. The second-order valence-corrected chi connectivity index (χ2v) is 9.15. The summed E-state index contributed by atoms with van der Waals surface area (Å²) in [5.74, 6) is -0.441. The van der Waals surface area contributed by atoms with Gasteiger partial charge in [-0.25, -0.2) is 4.79 Å². The first-order valence-electron chi connectivity index (χ1n) is 10.7. The maximum Gasteiger partial charge on any atom is 0.336 e. The number of hydrogen-bond acceptors (Lipinski definition) is 3. The number of aryl methyl sites for hydroxylation is 2. The van der Waals surface area contributed by atoms with Crippen molar-refractivity contribution in [3.63, 3.8) is 0 Å². The average molecular weight is 440 g/mol. The molecular weight excluding hydrogens is 410 g/mol. The van der Waals surface area contributed by atoms with Crippen molar-refractivity contribution in [1.29, 1.82) is 0 Å². The molecule has 0 aromatic heterocycles. The number of carbonyl (C=O) groups is 2. The molecule has 0 saturated heterocycles. The molecule has 4 nitrogen and oxygen atoms in total. The van der Waals surface area contributed by atoms with Crippen LogP contribution in [0, 0.1) is 19.8 Å². The molecule has 0 fully saturated rings. The molecule has 3 rings (SSSR count). The zero-order valence-electron chi connectivity index (χ0n) is 18.9. The van der Waals surface area contributed by atoms with E-state index >= 15 is 0 Å². The largest absolute Gasteiger partial charge is 0.462 e. The fourth-order valence-electron chi connectivity index (χ4n) is 4.01. The van der Waals surface area contributed by atoms with Gasteiger partial charge in [-0.2, -0.15) is 0 Å². The Morgan fingerprint density at radius 3 is 2.58 bits per heavy atom. The van der Waals surface area contributed by atoms with Gasteiger partial charge in [-0.05, 0) is 55.5 Å². The van der Waals surface area contributed by atoms with Crippen molar-refractivity contribution in [2.24, 2.45) is 5.92 Å². The van der Waals surface area contributed by atoms with E-state index in [1.54, 1.807) is 11.0 Å². The van der Waals surface area contributed by atoms with E-state index in [0.29, 0.717) is 29.4 Å². The van der Waals surface area contributed by atoms with Crippen molar-refractivity contribution in [2.75, 3.05) is 6.61 Å². The zero-order valence-corrected chi connectivity index (χ0v) is 19.6. The first-order chi connectivity index (χ1) is 14.7. The SMILES string of the molecule is CC1=C(C(=O)OCC(C)C)C(c2cc(C)ccc2C)CC(=O)N1Cc1cccc(Cl)c1. The fourth-order valence-corrected chi connectivity index (χ4v) is 4.22. The summed E-state index contributed by atoms with van der Waals surface area (Å²) in [5, 5.41) is 0.619. The summed E-state index contributed by atoms with van der Waals surface area (Å²) in [4.78, 5) is 28.1. The molecule has 1 heterocycles. The minimum absolute atomic E-state index is 0.0104. The van der Waals surface area contributed by atoms with E-state index in [0.717, 1.165) is 22.3 Å². The Morgan fingerprint density at radius 2 is 1.90 bits per heavy atom. The molecule has 0 radical (unpaired) electrons. The summed E-state index contributed by atoms with van der Waals surface area (Å²) in [5.41, 5.74) is 5.30. The third kappa shape index (κ3) is 5.37. The molecule has 164 valence electrons. The van der Waals surface area contributed by atoms with Crippen molar-refractivity contribution >= 4 is 23.5 Å². The van der Waals surface area contributed by atoms with E-state index in [-0.39, 0.29) is 30.1 Å². The van der Waals surface area contributed by atoms with Crippen LogP contribution in [0.5, 0.6) is 0 Å². The number of carbonyl (C=O) groups excluding carboxylic acids is 2. The minimum Gasteiger partial charge on any atom is -0.462 e. The highest BCUT2D eigenvalue weighted by molar-refractivity contribution is 6.30. The van der Waals surface area contributed by atoms with Gasteiger partial charge in [0.1, 0.15) is 0 Å². The molecular formula is C26H30ClNO3. The van der Waals surface area contributed by atoms with Gasteiger partial charge in [0.05, 0.1) is 18.7 Å². The summed E-state index contributed by atoms with van der Waals surface area (Å²) in [7, 11) is 0. The second-order valence-electron chi connectivity index (χ2n) is 8.72. The van der Waals surface area contributed by atoms with Gasteiger partial charge in [-0.1, -0.05) is 61.3 Å². The number of amides is 1. The summed E-state index contributed by atoms with van der Waals surface area (Å²) in [6, 6.07) is 13.6. The predicted octanol–water partition coefficient (Wildman–Crippen LogP) is 5.95. The van der Waals surface area contributed by atoms with Crippen LogP contribution in [0.4, 0.5) is 0 Å². The van der Waals surface area contributed by atoms with Crippen LogP contribution in [-0.4, -0.2) is 23.4 Å². The van der Waals surface area contributed by atoms with Gasteiger partial charge in [0.25, 0.3) is 0 Å². The topological polar surface area (TPSA) is 46.6 Å². The second kappa shape index (κ2) is 9.69. The van der Waals surface area contributed by atoms with Crippen LogP contribution in [0.15, 0.2) is 53.7 Å². The van der Waals surface area contributed by atoms with E-state index in [1.165, 1.54) is 0 Å². The van der Waals surface area contributed by atoms with E-state index in [9.17, 15) is 9.59 Å². The molecule has 1 atom stereocenters. The number of benzene rings is 2. The molecule has 2 aromatic rings. The Hall–Kier alpha value is -2.59. The van der Waals surface area contributed by atoms with E-state index in [2.05, 4.69) is 6.07 Å². The highest BCUT2D eigenvalue weighted by atomic mass is 35.5. The number of esters is 1. The maximum atomic E-state index is 13.2. The Kier molecular flexibility index (Phi) is 7.22. The van der Waals surface area contributed by atoms with Gasteiger partial charge in [-0.15, -0.1) is 0 Å². The molecule has 1 aliphatic heterocycles. The highest BCUT2D eigenvalue weighted by Gasteiger charge is 2.37. The molecule has 0 bridgehead atoms. The van der Waals surface area contributed by atoms with Crippen LogP contribution in [0.2, 0.25) is 5.02 Å². The summed E-state index contributed by atoms with van der Waals surface area (Å²) < 4.78 is 5.63. The maximum absolute atomic E-state index is 13.2. The zero-order chi connectivity index (χ0) is 22.7. The van der Waals surface area contributed by atoms with Crippen molar-refractivity contribution < 1.29 is 14.3 Å². The number of allylic oxidation sites excluding steroid dienone is 1. The minimum atomic E-state index is -0.347. The standard InChI is InChI=1S/C26H30ClNO3/c1-16(2)15-31-26(30)25-19(5)28(14-20-7-6-8-21(27)12-20)24(29)13-23(25)22-11-17(3)9-10-18(22)4/h6-12,16,23H,13-15H2,1-5H3. The summed E-state index contributed by atoms with van der Waals surface area (Å²) in [6.45, 7) is 10.6. The third-order valence-corrected chi connectivity index (χ3v) is 5.87. The number of nitrogens with zero attached hydrogens (tertiary/aromatic N) is 1. The normalized spacial score (nSPS) is 16.8. The van der Waals surface area contributed by atoms with Crippen molar-refractivity contribution in [3.8, 4) is 0 Å². The van der Waals surface area contributed by atoms with E-state index in [1.807, 2.05) is 65.0 Å². The van der Waals surface area contributed by atoms with Crippen LogP contribution < -0.4 is 0 Å². The molecule has 5 heteroatoms. The summed E-state index contributed by atoms with van der Waals surface area (Å²) >= 11 is 6.13. The van der Waals surface area contributed by atoms with Gasteiger partial charge in [0, 0.05) is 23.1 Å². The lowest BCUT2D eigenvalue weighted by molar-refractivity contribution is -0.141. The third-order valence-electron chi connectivity index (χ3n) is 5.63. The molecule has 1 aliphatic rings. The molecule has 0 N–H and O–H groups in total. The van der Waals surface area contributed by atoms with Crippen LogP contribution in [0.1, 0.15) is 55.4 Å². The lowest BCUT2D eigenvalue weighted by atomic mass is 9.81. The summed E-state index contributed by atoms with van der Waals surface area (Å²) in [6.07, 6.45) is 0.230. The lowest BCUT2D eigenvalue weighted by Crippen LogP contribution is -2.38.